The molecule has 0 spiro atoms. The van der Waals surface area contributed by atoms with E-state index in [0.717, 1.165) is 38.1 Å². The van der Waals surface area contributed by atoms with Gasteiger partial charge in [0.15, 0.2) is 5.82 Å². The molecule has 77 heavy (non-hydrogen) atoms. The molecule has 0 bridgehead atoms. The van der Waals surface area contributed by atoms with Gasteiger partial charge in [-0.05, 0) is 65.8 Å². The Labute approximate surface area is 447 Å². The molecule has 0 unspecified atom stereocenters. The maximum absolute atomic E-state index is 15.7. The Morgan fingerprint density at radius 2 is 1.69 bits per heavy atom. The van der Waals surface area contributed by atoms with Gasteiger partial charge in [0, 0.05) is 81.0 Å². The number of amides is 3. The summed E-state index contributed by atoms with van der Waals surface area (Å²) >= 11 is 1.56. The van der Waals surface area contributed by atoms with Crippen molar-refractivity contribution in [3.8, 4) is 27.3 Å². The van der Waals surface area contributed by atoms with Gasteiger partial charge in [-0.1, -0.05) is 57.2 Å². The van der Waals surface area contributed by atoms with E-state index in [4.69, 9.17) is 9.47 Å². The van der Waals surface area contributed by atoms with Crippen molar-refractivity contribution in [2.24, 2.45) is 5.41 Å². The molecule has 9 rings (SSSR count). The van der Waals surface area contributed by atoms with Gasteiger partial charge in [0.05, 0.1) is 59.3 Å². The number of H-pyrrole nitrogens is 1. The van der Waals surface area contributed by atoms with Crippen molar-refractivity contribution in [2.75, 3.05) is 57.2 Å². The summed E-state index contributed by atoms with van der Waals surface area (Å²) in [5.41, 5.74) is 3.83. The van der Waals surface area contributed by atoms with Gasteiger partial charge in [0.1, 0.15) is 35.5 Å². The third-order valence-electron chi connectivity index (χ3n) is 13.9. The van der Waals surface area contributed by atoms with E-state index < -0.39 is 81.1 Å². The first-order chi connectivity index (χ1) is 36.7. The fraction of sp³-hybridized carbons (Fsp3) is 0.407. The number of ketones is 1. The van der Waals surface area contributed by atoms with Crippen molar-refractivity contribution >= 4 is 61.8 Å². The second kappa shape index (κ2) is 23.1. The number of alkyl halides is 1. The average Bonchev–Trinajstić information content (AvgIpc) is 4.22. The van der Waals surface area contributed by atoms with E-state index in [1.807, 2.05) is 61.6 Å². The molecular formula is C54H60F3N9O9S2. The number of β-amino-alcohol motifs (C(OH)–C–C–N with tert-alkyl or cyclic N) is 1. The molecule has 6 aromatic rings. The van der Waals surface area contributed by atoms with Crippen LogP contribution in [0.4, 0.5) is 18.9 Å². The highest BCUT2D eigenvalue weighted by atomic mass is 32.2. The van der Waals surface area contributed by atoms with Crippen LogP contribution in [-0.2, 0) is 35.9 Å². The van der Waals surface area contributed by atoms with Gasteiger partial charge in [0.25, 0.3) is 0 Å². The lowest BCUT2D eigenvalue weighted by Gasteiger charge is -2.39. The van der Waals surface area contributed by atoms with Crippen molar-refractivity contribution in [1.29, 1.82) is 0 Å². The zero-order valence-corrected chi connectivity index (χ0v) is 44.5. The highest BCUT2D eigenvalue weighted by Gasteiger charge is 2.45. The minimum atomic E-state index is -4.38. The van der Waals surface area contributed by atoms with Crippen molar-refractivity contribution < 1.29 is 55.3 Å². The summed E-state index contributed by atoms with van der Waals surface area (Å²) in [6, 6.07) is 16.4. The van der Waals surface area contributed by atoms with E-state index in [1.54, 1.807) is 53.4 Å². The summed E-state index contributed by atoms with van der Waals surface area (Å²) < 4.78 is 85.0. The van der Waals surface area contributed by atoms with Crippen molar-refractivity contribution in [3.05, 3.63) is 119 Å². The molecule has 3 aromatic heterocycles. The highest BCUT2D eigenvalue weighted by molar-refractivity contribution is 7.90. The fourth-order valence-electron chi connectivity index (χ4n) is 9.62. The third kappa shape index (κ3) is 12.7. The van der Waals surface area contributed by atoms with Gasteiger partial charge in [-0.15, -0.1) is 11.3 Å². The number of aryl methyl sites for hydroxylation is 1. The van der Waals surface area contributed by atoms with Crippen LogP contribution in [0.1, 0.15) is 67.2 Å². The summed E-state index contributed by atoms with van der Waals surface area (Å²) in [5, 5.41) is 16.7. The Morgan fingerprint density at radius 3 is 2.38 bits per heavy atom. The first-order valence-corrected chi connectivity index (χ1v) is 27.6. The molecular weight excluding hydrogens is 1040 g/mol. The Hall–Kier alpha value is -6.76. The van der Waals surface area contributed by atoms with Crippen LogP contribution in [0.25, 0.3) is 32.6 Å². The number of anilines is 1. The molecule has 408 valence electrons. The normalized spacial score (nSPS) is 18.8. The largest absolute Gasteiger partial charge is 0.494 e. The van der Waals surface area contributed by atoms with E-state index in [1.165, 1.54) is 11.1 Å². The monoisotopic (exact) mass is 1100 g/mol. The number of pyridine rings is 1. The number of carbonyl (C=O) groups excluding carboxylic acids is 4. The van der Waals surface area contributed by atoms with Gasteiger partial charge >= 0.3 is 10.2 Å². The molecule has 3 aliphatic rings. The lowest BCUT2D eigenvalue weighted by Crippen LogP contribution is -2.60. The molecule has 3 aliphatic heterocycles. The van der Waals surface area contributed by atoms with Crippen LogP contribution in [0.5, 0.6) is 5.75 Å². The predicted octanol–water partition coefficient (Wildman–Crippen LogP) is 6.15. The van der Waals surface area contributed by atoms with Crippen molar-refractivity contribution in [1.82, 2.24) is 39.7 Å². The summed E-state index contributed by atoms with van der Waals surface area (Å²) in [6.45, 7) is 9.03. The van der Waals surface area contributed by atoms with Crippen LogP contribution in [0.15, 0.2) is 84.6 Å². The van der Waals surface area contributed by atoms with Gasteiger partial charge < -0.3 is 35.1 Å². The number of nitrogens with one attached hydrogen (secondary N) is 4. The molecule has 23 heteroatoms. The minimum absolute atomic E-state index is 0.0146. The van der Waals surface area contributed by atoms with Crippen LogP contribution in [0.3, 0.4) is 0 Å². The van der Waals surface area contributed by atoms with E-state index >= 15 is 8.78 Å². The number of aromatic amines is 1. The van der Waals surface area contributed by atoms with Crippen LogP contribution < -0.4 is 20.1 Å². The number of benzene rings is 3. The molecule has 3 fully saturated rings. The lowest BCUT2D eigenvalue weighted by molar-refractivity contribution is -0.144. The SMILES string of the molecule is Cc1ncsc1-c1ccc(CNC(=O)[C@@H]2C[C@@H](O)CN2C(=O)[C@@H](NC(=O)CN2CC(OCCCOc3ccc(-c4cnc5[nH]cc(C(=O)c6c(F)ccc(NS(=O)(=O)N7CC[C@@H](F)C7)c6F)c5c4)cc3)C2)C(C)(C)C)cc1. The smallest absolute Gasteiger partial charge is 0.301 e. The molecule has 5 N–H and O–H groups in total. The number of rotatable bonds is 20. The Kier molecular flexibility index (Phi) is 16.5. The number of aliphatic hydroxyl groups excluding tert-OH is 1. The zero-order valence-electron chi connectivity index (χ0n) is 42.9. The number of aromatic nitrogens is 3. The van der Waals surface area contributed by atoms with E-state index in [-0.39, 0.29) is 73.5 Å². The summed E-state index contributed by atoms with van der Waals surface area (Å²) in [7, 11) is -4.38. The van der Waals surface area contributed by atoms with E-state index in [2.05, 4.69) is 25.6 Å². The molecule has 18 nitrogen and oxygen atoms in total. The maximum atomic E-state index is 15.7. The predicted molar refractivity (Wildman–Crippen MR) is 283 cm³/mol. The number of aliphatic hydroxyl groups is 1. The average molecular weight is 1100 g/mol. The molecule has 0 radical (unpaired) electrons. The standard InChI is InChI=1S/C54H60F3N9O9S2/c1-31-49(76-30-61-31)34-8-6-32(7-9-34)22-60-52(70)44-21-37(67)26-66(44)53(71)50(54(2,3)4)62-45(68)29-64-27-39(28-64)75-19-5-18-74-38-12-10-33(11-13-38)35-20-40-41(24-59-51(40)58-23-35)48(69)46-42(56)14-15-43(47(46)57)63-77(72,73)65-17-16-36(55)25-65/h6-15,20,23-24,30,36-37,39,44,50,63,67H,5,16-19,21-22,25-29H2,1-4H3,(H,58,59)(H,60,70)(H,62,68)/t36-,37-,44+,50-/m1/s1. The Balaban J connectivity index is 0.706. The van der Waals surface area contributed by atoms with Crippen molar-refractivity contribution in [2.45, 2.75) is 84.0 Å². The molecule has 0 aliphatic carbocycles. The first kappa shape index (κ1) is 55.0. The molecule has 0 saturated carbocycles. The van der Waals surface area contributed by atoms with Gasteiger partial charge in [-0.2, -0.15) is 12.7 Å². The third-order valence-corrected chi connectivity index (χ3v) is 16.3. The second-order valence-corrected chi connectivity index (χ2v) is 23.2. The summed E-state index contributed by atoms with van der Waals surface area (Å²) in [6.07, 6.45) is 1.15. The molecule has 6 heterocycles. The van der Waals surface area contributed by atoms with Crippen LogP contribution in [0.2, 0.25) is 0 Å². The van der Waals surface area contributed by atoms with Gasteiger partial charge in [-0.3, -0.25) is 28.8 Å². The summed E-state index contributed by atoms with van der Waals surface area (Å²) in [4.78, 5) is 70.6. The number of hydrogen-bond donors (Lipinski definition) is 5. The molecule has 4 atom stereocenters. The first-order valence-electron chi connectivity index (χ1n) is 25.3. The number of hydrogen-bond acceptors (Lipinski definition) is 13. The lowest BCUT2D eigenvalue weighted by atomic mass is 9.85. The zero-order chi connectivity index (χ0) is 54.8. The number of fused-ring (bicyclic) bond motifs is 1. The van der Waals surface area contributed by atoms with Crippen LogP contribution >= 0.6 is 11.3 Å². The van der Waals surface area contributed by atoms with Gasteiger partial charge in [0.2, 0.25) is 23.5 Å². The minimum Gasteiger partial charge on any atom is -0.494 e. The molecule has 3 amide bonds. The molecule has 3 saturated heterocycles. The number of ether oxygens (including phenoxy) is 2. The summed E-state index contributed by atoms with van der Waals surface area (Å²) in [5.74, 6) is -4.23. The topological polar surface area (TPSA) is 228 Å². The van der Waals surface area contributed by atoms with Crippen LogP contribution in [0, 0.1) is 24.0 Å². The number of likely N-dealkylation sites (tertiary alicyclic amines) is 2. The van der Waals surface area contributed by atoms with E-state index in [9.17, 15) is 37.1 Å². The Bertz CT molecular complexity index is 3260. The Morgan fingerprint density at radius 1 is 0.948 bits per heavy atom. The van der Waals surface area contributed by atoms with Gasteiger partial charge in [-0.25, -0.2) is 23.1 Å². The highest BCUT2D eigenvalue weighted by Crippen LogP contribution is 2.33. The van der Waals surface area contributed by atoms with Crippen molar-refractivity contribution in [3.63, 3.8) is 0 Å². The fourth-order valence-corrected chi connectivity index (χ4v) is 11.7. The number of thiazole rings is 1. The van der Waals surface area contributed by atoms with Crippen LogP contribution in [-0.4, -0.2) is 149 Å². The second-order valence-electron chi connectivity index (χ2n) is 20.6. The number of halogens is 3. The quantitative estimate of drug-likeness (QED) is 0.0429. The van der Waals surface area contributed by atoms with E-state index in [0.29, 0.717) is 49.6 Å². The number of carbonyl (C=O) groups is 4. The molecule has 3 aromatic carbocycles. The number of nitrogens with zero attached hydrogens (tertiary/aromatic N) is 5. The maximum Gasteiger partial charge on any atom is 0.301 e.